The van der Waals surface area contributed by atoms with Crippen molar-refractivity contribution in [1.29, 1.82) is 0 Å². The fourth-order valence-electron chi connectivity index (χ4n) is 2.28. The minimum absolute atomic E-state index is 0.0875. The average Bonchev–Trinajstić information content (AvgIpc) is 2.56. The Labute approximate surface area is 127 Å². The normalized spacial score (nSPS) is 10.4. The van der Waals surface area contributed by atoms with Crippen LogP contribution in [0.25, 0.3) is 22.3 Å². The average molecular weight is 291 g/mol. The SMILES string of the molecule is O=[N+]([O-])c1ccc(-c2ccc(-c3ccc(O)cc3)cc2)cc1. The highest BCUT2D eigenvalue weighted by Gasteiger charge is 2.05. The third-order valence-electron chi connectivity index (χ3n) is 3.50. The molecule has 0 saturated heterocycles. The smallest absolute Gasteiger partial charge is 0.269 e. The maximum Gasteiger partial charge on any atom is 0.269 e. The topological polar surface area (TPSA) is 63.4 Å². The molecule has 108 valence electrons. The number of aromatic hydroxyl groups is 1. The molecule has 3 rings (SSSR count). The zero-order chi connectivity index (χ0) is 15.5. The number of non-ortho nitro benzene ring substituents is 1. The molecular formula is C18H13NO3. The Kier molecular flexibility index (Phi) is 3.58. The van der Waals surface area contributed by atoms with E-state index in [1.165, 1.54) is 12.1 Å². The number of hydrogen-bond donors (Lipinski definition) is 1. The lowest BCUT2D eigenvalue weighted by Crippen LogP contribution is -1.87. The number of phenols is 1. The van der Waals surface area contributed by atoms with Crippen molar-refractivity contribution in [2.24, 2.45) is 0 Å². The summed E-state index contributed by atoms with van der Waals surface area (Å²) in [6, 6.07) is 21.4. The zero-order valence-electron chi connectivity index (χ0n) is 11.6. The van der Waals surface area contributed by atoms with E-state index in [4.69, 9.17) is 0 Å². The highest BCUT2D eigenvalue weighted by atomic mass is 16.6. The van der Waals surface area contributed by atoms with E-state index in [9.17, 15) is 15.2 Å². The van der Waals surface area contributed by atoms with Gasteiger partial charge in [0.05, 0.1) is 4.92 Å². The molecule has 0 aliphatic carbocycles. The first-order chi connectivity index (χ1) is 10.6. The summed E-state index contributed by atoms with van der Waals surface area (Å²) in [4.78, 5) is 10.3. The third kappa shape index (κ3) is 2.81. The molecule has 1 N–H and O–H groups in total. The van der Waals surface area contributed by atoms with Gasteiger partial charge in [-0.25, -0.2) is 0 Å². The molecule has 0 amide bonds. The van der Waals surface area contributed by atoms with Gasteiger partial charge in [-0.05, 0) is 46.5 Å². The van der Waals surface area contributed by atoms with Crippen LogP contribution in [0.3, 0.4) is 0 Å². The van der Waals surface area contributed by atoms with E-state index in [-0.39, 0.29) is 11.4 Å². The fraction of sp³-hybridized carbons (Fsp3) is 0. The molecular weight excluding hydrogens is 278 g/mol. The van der Waals surface area contributed by atoms with Gasteiger partial charge in [-0.3, -0.25) is 10.1 Å². The van der Waals surface area contributed by atoms with Crippen LogP contribution in [0.2, 0.25) is 0 Å². The highest BCUT2D eigenvalue weighted by Crippen LogP contribution is 2.27. The predicted octanol–water partition coefficient (Wildman–Crippen LogP) is 4.63. The van der Waals surface area contributed by atoms with E-state index in [1.807, 2.05) is 36.4 Å². The zero-order valence-corrected chi connectivity index (χ0v) is 11.6. The number of benzene rings is 3. The minimum Gasteiger partial charge on any atom is -0.508 e. The molecule has 0 aromatic heterocycles. The Hall–Kier alpha value is -3.14. The molecule has 0 saturated carbocycles. The van der Waals surface area contributed by atoms with Crippen molar-refractivity contribution >= 4 is 5.69 Å². The predicted molar refractivity (Wildman–Crippen MR) is 85.6 cm³/mol. The van der Waals surface area contributed by atoms with Crippen molar-refractivity contribution in [3.63, 3.8) is 0 Å². The summed E-state index contributed by atoms with van der Waals surface area (Å²) >= 11 is 0. The summed E-state index contributed by atoms with van der Waals surface area (Å²) in [6.45, 7) is 0. The van der Waals surface area contributed by atoms with E-state index in [0.29, 0.717) is 0 Å². The van der Waals surface area contributed by atoms with Crippen LogP contribution in [0.15, 0.2) is 72.8 Å². The Morgan fingerprint density at radius 3 is 1.32 bits per heavy atom. The lowest BCUT2D eigenvalue weighted by Gasteiger charge is -2.05. The van der Waals surface area contributed by atoms with Crippen molar-refractivity contribution in [2.45, 2.75) is 0 Å². The Balaban J connectivity index is 1.87. The largest absolute Gasteiger partial charge is 0.508 e. The Morgan fingerprint density at radius 1 is 0.636 bits per heavy atom. The summed E-state index contributed by atoms with van der Waals surface area (Å²) in [6.07, 6.45) is 0. The second-order valence-corrected chi connectivity index (χ2v) is 4.93. The van der Waals surface area contributed by atoms with E-state index >= 15 is 0 Å². The van der Waals surface area contributed by atoms with Gasteiger partial charge in [0.2, 0.25) is 0 Å². The lowest BCUT2D eigenvalue weighted by atomic mass is 10.0. The number of nitro benzene ring substituents is 1. The van der Waals surface area contributed by atoms with Crippen LogP contribution in [0.1, 0.15) is 0 Å². The van der Waals surface area contributed by atoms with Crippen LogP contribution in [0, 0.1) is 10.1 Å². The molecule has 22 heavy (non-hydrogen) atoms. The van der Waals surface area contributed by atoms with Crippen molar-refractivity contribution in [2.75, 3.05) is 0 Å². The molecule has 4 nitrogen and oxygen atoms in total. The molecule has 0 spiro atoms. The van der Waals surface area contributed by atoms with Gasteiger partial charge in [0.1, 0.15) is 5.75 Å². The summed E-state index contributed by atoms with van der Waals surface area (Å²) in [5.41, 5.74) is 4.09. The van der Waals surface area contributed by atoms with Gasteiger partial charge in [-0.1, -0.05) is 36.4 Å². The van der Waals surface area contributed by atoms with Crippen LogP contribution in [-0.4, -0.2) is 10.0 Å². The summed E-state index contributed by atoms with van der Waals surface area (Å²) in [5.74, 6) is 0.242. The van der Waals surface area contributed by atoms with Crippen molar-refractivity contribution in [3.8, 4) is 28.0 Å². The third-order valence-corrected chi connectivity index (χ3v) is 3.50. The molecule has 0 unspecified atom stereocenters. The Morgan fingerprint density at radius 2 is 0.955 bits per heavy atom. The van der Waals surface area contributed by atoms with Crippen LogP contribution < -0.4 is 0 Å². The van der Waals surface area contributed by atoms with E-state index in [1.54, 1.807) is 24.3 Å². The van der Waals surface area contributed by atoms with E-state index in [0.717, 1.165) is 22.3 Å². The minimum atomic E-state index is -0.405. The summed E-state index contributed by atoms with van der Waals surface area (Å²) < 4.78 is 0. The maximum atomic E-state index is 10.7. The number of nitrogens with zero attached hydrogens (tertiary/aromatic N) is 1. The van der Waals surface area contributed by atoms with Gasteiger partial charge in [0, 0.05) is 12.1 Å². The van der Waals surface area contributed by atoms with Gasteiger partial charge >= 0.3 is 0 Å². The van der Waals surface area contributed by atoms with Gasteiger partial charge in [0.25, 0.3) is 5.69 Å². The number of hydrogen-bond acceptors (Lipinski definition) is 3. The molecule has 4 heteroatoms. The fourth-order valence-corrected chi connectivity index (χ4v) is 2.28. The molecule has 0 heterocycles. The van der Waals surface area contributed by atoms with Crippen molar-refractivity contribution in [1.82, 2.24) is 0 Å². The van der Waals surface area contributed by atoms with Gasteiger partial charge in [-0.2, -0.15) is 0 Å². The number of phenolic OH excluding ortho intramolecular Hbond substituents is 1. The van der Waals surface area contributed by atoms with Gasteiger partial charge in [-0.15, -0.1) is 0 Å². The maximum absolute atomic E-state index is 10.7. The Bertz CT molecular complexity index is 791. The lowest BCUT2D eigenvalue weighted by molar-refractivity contribution is -0.384. The first-order valence-electron chi connectivity index (χ1n) is 6.78. The van der Waals surface area contributed by atoms with Gasteiger partial charge < -0.3 is 5.11 Å². The standard InChI is InChI=1S/C18H13NO3/c20-18-11-7-16(8-12-18)14-3-1-13(2-4-14)15-5-9-17(10-6-15)19(21)22/h1-12,20H. The first kappa shape index (κ1) is 13.8. The van der Waals surface area contributed by atoms with Crippen LogP contribution in [-0.2, 0) is 0 Å². The second-order valence-electron chi connectivity index (χ2n) is 4.93. The quantitative estimate of drug-likeness (QED) is 0.565. The van der Waals surface area contributed by atoms with Crippen molar-refractivity contribution in [3.05, 3.63) is 82.9 Å². The van der Waals surface area contributed by atoms with Crippen LogP contribution in [0.5, 0.6) is 5.75 Å². The van der Waals surface area contributed by atoms with Crippen LogP contribution in [0.4, 0.5) is 5.69 Å². The van der Waals surface area contributed by atoms with Crippen LogP contribution >= 0.6 is 0 Å². The monoisotopic (exact) mass is 291 g/mol. The molecule has 3 aromatic rings. The number of rotatable bonds is 3. The molecule has 0 fully saturated rings. The second kappa shape index (κ2) is 5.69. The molecule has 0 atom stereocenters. The summed E-state index contributed by atoms with van der Waals surface area (Å²) in [5, 5.41) is 20.0. The van der Waals surface area contributed by atoms with Gasteiger partial charge in [0.15, 0.2) is 0 Å². The molecule has 0 aliphatic rings. The van der Waals surface area contributed by atoms with E-state index < -0.39 is 4.92 Å². The van der Waals surface area contributed by atoms with E-state index in [2.05, 4.69) is 0 Å². The van der Waals surface area contributed by atoms with Crippen molar-refractivity contribution < 1.29 is 10.0 Å². The molecule has 0 aliphatic heterocycles. The first-order valence-corrected chi connectivity index (χ1v) is 6.78. The molecule has 3 aromatic carbocycles. The number of nitro groups is 1. The highest BCUT2D eigenvalue weighted by molar-refractivity contribution is 5.71. The molecule has 0 radical (unpaired) electrons. The summed E-state index contributed by atoms with van der Waals surface area (Å²) in [7, 11) is 0. The molecule has 0 bridgehead atoms.